The number of hydrogen-bond acceptors (Lipinski definition) is 4. The van der Waals surface area contributed by atoms with E-state index in [4.69, 9.17) is 0 Å². The maximum Gasteiger partial charge on any atom is 0.103 e. The minimum absolute atomic E-state index is 0.615. The molecule has 2 aliphatic rings. The van der Waals surface area contributed by atoms with Crippen molar-refractivity contribution in [3.8, 4) is 0 Å². The van der Waals surface area contributed by atoms with Gasteiger partial charge in [-0.2, -0.15) is 0 Å². The predicted molar refractivity (Wildman–Crippen MR) is 100 cm³/mol. The number of likely N-dealkylation sites (N-methyl/N-ethyl adjacent to an activating group) is 1. The molecule has 3 N–H and O–H groups in total. The highest BCUT2D eigenvalue weighted by Crippen LogP contribution is 2.30. The van der Waals surface area contributed by atoms with E-state index in [1.54, 1.807) is 0 Å². The summed E-state index contributed by atoms with van der Waals surface area (Å²) in [6, 6.07) is 19.8. The van der Waals surface area contributed by atoms with E-state index < -0.39 is 11.2 Å². The van der Waals surface area contributed by atoms with E-state index in [2.05, 4.69) is 10.2 Å². The minimum Gasteiger partial charge on any atom is -0.384 e. The number of likely N-dealkylation sites (tertiary alicyclic amines) is 1. The van der Waals surface area contributed by atoms with Gasteiger partial charge < -0.3 is 20.4 Å². The Labute approximate surface area is 150 Å². The normalized spacial score (nSPS) is 29.2. The Kier molecular flexibility index (Phi) is 5.54. The van der Waals surface area contributed by atoms with Crippen molar-refractivity contribution >= 4 is 0 Å². The largest absolute Gasteiger partial charge is 0.384 e. The second kappa shape index (κ2) is 7.67. The first-order valence-electron chi connectivity index (χ1n) is 8.97. The van der Waals surface area contributed by atoms with Gasteiger partial charge in [-0.15, -0.1) is 0 Å². The van der Waals surface area contributed by atoms with Crippen LogP contribution >= 0.6 is 0 Å². The summed E-state index contributed by atoms with van der Waals surface area (Å²) < 4.78 is 0. The van der Waals surface area contributed by atoms with E-state index in [1.807, 2.05) is 67.7 Å². The van der Waals surface area contributed by atoms with E-state index in [9.17, 15) is 10.2 Å². The van der Waals surface area contributed by atoms with Gasteiger partial charge in [0, 0.05) is 19.6 Å². The van der Waals surface area contributed by atoms with Crippen molar-refractivity contribution < 1.29 is 10.2 Å². The van der Waals surface area contributed by atoms with Gasteiger partial charge in [0.15, 0.2) is 0 Å². The predicted octanol–water partition coefficient (Wildman–Crippen LogP) is 2.08. The van der Waals surface area contributed by atoms with Gasteiger partial charge in [-0.3, -0.25) is 0 Å². The Morgan fingerprint density at radius 2 is 1.40 bits per heavy atom. The molecular formula is C21H28N2O2. The van der Waals surface area contributed by atoms with Crippen molar-refractivity contribution in [3.63, 3.8) is 0 Å². The van der Waals surface area contributed by atoms with Crippen LogP contribution < -0.4 is 5.32 Å². The summed E-state index contributed by atoms with van der Waals surface area (Å²) >= 11 is 0. The minimum atomic E-state index is -0.624. The zero-order chi connectivity index (χ0) is 17.8. The monoisotopic (exact) mass is 340 g/mol. The molecule has 134 valence electrons. The van der Waals surface area contributed by atoms with Crippen molar-refractivity contribution in [2.24, 2.45) is 0 Å². The molecule has 0 aliphatic carbocycles. The Hall–Kier alpha value is -1.72. The van der Waals surface area contributed by atoms with E-state index in [1.165, 1.54) is 0 Å². The van der Waals surface area contributed by atoms with Crippen LogP contribution in [0.1, 0.15) is 24.0 Å². The fourth-order valence-electron chi connectivity index (χ4n) is 3.64. The van der Waals surface area contributed by atoms with Crippen molar-refractivity contribution in [3.05, 3.63) is 71.8 Å². The Morgan fingerprint density at radius 3 is 1.84 bits per heavy atom. The SMILES string of the molecule is CN1CCC(O)(c2ccccc2)C1.OC1(c2ccccc2)CCNC1. The molecule has 2 heterocycles. The number of β-amino-alcohol motifs (C(OH)–C–C–N with tert-alkyl or cyclic N) is 2. The molecule has 2 aromatic carbocycles. The third-order valence-corrected chi connectivity index (χ3v) is 5.19. The zero-order valence-electron chi connectivity index (χ0n) is 14.9. The molecule has 2 saturated heterocycles. The lowest BCUT2D eigenvalue weighted by Crippen LogP contribution is -2.28. The second-order valence-electron chi connectivity index (χ2n) is 7.21. The van der Waals surface area contributed by atoms with Gasteiger partial charge in [0.25, 0.3) is 0 Å². The fourth-order valence-corrected chi connectivity index (χ4v) is 3.64. The van der Waals surface area contributed by atoms with Gasteiger partial charge >= 0.3 is 0 Å². The molecule has 0 aromatic heterocycles. The first-order chi connectivity index (χ1) is 12.0. The molecule has 4 heteroatoms. The van der Waals surface area contributed by atoms with Crippen LogP contribution in [0.5, 0.6) is 0 Å². The van der Waals surface area contributed by atoms with Gasteiger partial charge in [0.2, 0.25) is 0 Å². The maximum atomic E-state index is 10.3. The summed E-state index contributed by atoms with van der Waals surface area (Å²) in [5, 5.41) is 23.6. The number of rotatable bonds is 2. The van der Waals surface area contributed by atoms with E-state index in [0.29, 0.717) is 6.54 Å². The second-order valence-corrected chi connectivity index (χ2v) is 7.21. The lowest BCUT2D eigenvalue weighted by molar-refractivity contribution is 0.0489. The Bertz CT molecular complexity index is 656. The third kappa shape index (κ3) is 4.28. The van der Waals surface area contributed by atoms with Gasteiger partial charge in [-0.1, -0.05) is 60.7 Å². The van der Waals surface area contributed by atoms with Crippen molar-refractivity contribution in [2.45, 2.75) is 24.0 Å². The summed E-state index contributed by atoms with van der Waals surface area (Å²) in [6.07, 6.45) is 1.66. The third-order valence-electron chi connectivity index (χ3n) is 5.19. The topological polar surface area (TPSA) is 55.7 Å². The summed E-state index contributed by atoms with van der Waals surface area (Å²) in [5.74, 6) is 0. The molecule has 4 nitrogen and oxygen atoms in total. The van der Waals surface area contributed by atoms with Crippen LogP contribution in [0.3, 0.4) is 0 Å². The van der Waals surface area contributed by atoms with Crippen LogP contribution in [-0.4, -0.2) is 48.3 Å². The molecule has 0 saturated carbocycles. The zero-order valence-corrected chi connectivity index (χ0v) is 14.9. The van der Waals surface area contributed by atoms with Crippen LogP contribution in [0, 0.1) is 0 Å². The molecule has 2 aromatic rings. The van der Waals surface area contributed by atoms with Crippen molar-refractivity contribution in [2.75, 3.05) is 33.2 Å². The Morgan fingerprint density at radius 1 is 0.840 bits per heavy atom. The molecule has 0 bridgehead atoms. The quantitative estimate of drug-likeness (QED) is 0.783. The lowest BCUT2D eigenvalue weighted by atomic mass is 9.93. The summed E-state index contributed by atoms with van der Waals surface area (Å²) in [5.41, 5.74) is 0.825. The molecule has 2 atom stereocenters. The van der Waals surface area contributed by atoms with Gasteiger partial charge in [-0.25, -0.2) is 0 Å². The average molecular weight is 340 g/mol. The number of nitrogens with zero attached hydrogens (tertiary/aromatic N) is 1. The van der Waals surface area contributed by atoms with E-state index in [-0.39, 0.29) is 0 Å². The molecule has 4 rings (SSSR count). The molecule has 0 amide bonds. The summed E-state index contributed by atoms with van der Waals surface area (Å²) in [4.78, 5) is 2.16. The number of benzene rings is 2. The van der Waals surface area contributed by atoms with Crippen LogP contribution in [-0.2, 0) is 11.2 Å². The van der Waals surface area contributed by atoms with Crippen LogP contribution in [0.2, 0.25) is 0 Å². The first-order valence-corrected chi connectivity index (χ1v) is 8.97. The lowest BCUT2D eigenvalue weighted by Gasteiger charge is -2.22. The average Bonchev–Trinajstić information content (AvgIpc) is 3.24. The van der Waals surface area contributed by atoms with Gasteiger partial charge in [0.1, 0.15) is 11.2 Å². The number of nitrogens with one attached hydrogen (secondary N) is 1. The molecule has 2 aliphatic heterocycles. The molecule has 25 heavy (non-hydrogen) atoms. The van der Waals surface area contributed by atoms with Gasteiger partial charge in [-0.05, 0) is 37.6 Å². The van der Waals surface area contributed by atoms with Crippen molar-refractivity contribution in [1.29, 1.82) is 0 Å². The number of aliphatic hydroxyl groups is 2. The highest BCUT2D eigenvalue weighted by Gasteiger charge is 2.35. The van der Waals surface area contributed by atoms with Gasteiger partial charge in [0.05, 0.1) is 0 Å². The van der Waals surface area contributed by atoms with Crippen molar-refractivity contribution in [1.82, 2.24) is 10.2 Å². The molecular weight excluding hydrogens is 312 g/mol. The Balaban J connectivity index is 0.000000146. The standard InChI is InChI=1S/C11H15NO.C10H13NO/c1-12-8-7-11(13,9-12)10-5-3-2-4-6-10;12-10(6-7-11-8-10)9-4-2-1-3-5-9/h2-6,13H,7-9H2,1H3;1-5,11-12H,6-8H2. The fraction of sp³-hybridized carbons (Fsp3) is 0.429. The van der Waals surface area contributed by atoms with Crippen LogP contribution in [0.4, 0.5) is 0 Å². The molecule has 0 radical (unpaired) electrons. The maximum absolute atomic E-state index is 10.3. The summed E-state index contributed by atoms with van der Waals surface area (Å²) in [6.45, 7) is 3.31. The van der Waals surface area contributed by atoms with E-state index in [0.717, 1.165) is 43.6 Å². The smallest absolute Gasteiger partial charge is 0.103 e. The molecule has 2 unspecified atom stereocenters. The first kappa shape index (κ1) is 18.1. The van der Waals surface area contributed by atoms with E-state index >= 15 is 0 Å². The van der Waals surface area contributed by atoms with Crippen LogP contribution in [0.25, 0.3) is 0 Å². The number of hydrogen-bond donors (Lipinski definition) is 3. The molecule has 2 fully saturated rings. The summed E-state index contributed by atoms with van der Waals surface area (Å²) in [7, 11) is 2.04. The highest BCUT2D eigenvalue weighted by atomic mass is 16.3. The molecule has 0 spiro atoms. The highest BCUT2D eigenvalue weighted by molar-refractivity contribution is 5.24. The van der Waals surface area contributed by atoms with Crippen LogP contribution in [0.15, 0.2) is 60.7 Å².